The van der Waals surface area contributed by atoms with Crippen LogP contribution in [-0.4, -0.2) is 88.0 Å². The van der Waals surface area contributed by atoms with Gasteiger partial charge in [0.2, 0.25) is 5.60 Å². The largest absolute Gasteiger partial charge is 0.465 e. The number of carbonyl (C=O) groups is 2. The molecule has 1 aliphatic heterocycles. The van der Waals surface area contributed by atoms with Gasteiger partial charge in [-0.25, -0.2) is 19.7 Å². The number of likely N-dealkylation sites (N-methyl/N-ethyl adjacent to an activating group) is 1. The van der Waals surface area contributed by atoms with Crippen LogP contribution in [0.4, 0.5) is 10.6 Å². The molecular formula is C30H32N8O4. The summed E-state index contributed by atoms with van der Waals surface area (Å²) in [5.74, 6) is 5.91. The molecule has 42 heavy (non-hydrogen) atoms. The fourth-order valence-electron chi connectivity index (χ4n) is 4.83. The number of likely N-dealkylation sites (tertiary alicyclic amines) is 1. The number of nitrogens with two attached hydrogens (primary N) is 1. The van der Waals surface area contributed by atoms with E-state index >= 15 is 0 Å². The number of nitrogens with zero attached hydrogens (tertiary/aromatic N) is 7. The molecule has 0 spiro atoms. The second-order valence-electron chi connectivity index (χ2n) is 11.3. The Balaban J connectivity index is 1.41. The summed E-state index contributed by atoms with van der Waals surface area (Å²) < 4.78 is 1.69. The molecule has 5 rings (SSSR count). The summed E-state index contributed by atoms with van der Waals surface area (Å²) in [4.78, 5) is 40.4. The highest BCUT2D eigenvalue weighted by Crippen LogP contribution is 2.30. The quantitative estimate of drug-likeness (QED) is 0.307. The predicted molar refractivity (Wildman–Crippen MR) is 157 cm³/mol. The maximum atomic E-state index is 12.3. The van der Waals surface area contributed by atoms with Crippen molar-refractivity contribution in [1.82, 2.24) is 34.5 Å². The fourth-order valence-corrected chi connectivity index (χ4v) is 4.83. The molecule has 1 fully saturated rings. The summed E-state index contributed by atoms with van der Waals surface area (Å²) in [6, 6.07) is 7.21. The van der Waals surface area contributed by atoms with Gasteiger partial charge in [0.1, 0.15) is 11.3 Å². The van der Waals surface area contributed by atoms with Crippen molar-refractivity contribution in [2.45, 2.75) is 44.9 Å². The summed E-state index contributed by atoms with van der Waals surface area (Å²) in [6.45, 7) is 6.66. The molecule has 0 bridgehead atoms. The van der Waals surface area contributed by atoms with Gasteiger partial charge in [-0.2, -0.15) is 5.10 Å². The number of anilines is 1. The topological polar surface area (TPSA) is 164 Å². The maximum absolute atomic E-state index is 12.3. The average Bonchev–Trinajstić information content (AvgIpc) is 3.52. The molecule has 12 nitrogen and oxygen atoms in total. The molecule has 1 atom stereocenters. The van der Waals surface area contributed by atoms with Crippen LogP contribution in [-0.2, 0) is 11.3 Å². The van der Waals surface area contributed by atoms with Crippen molar-refractivity contribution in [2.24, 2.45) is 0 Å². The Morgan fingerprint density at radius 2 is 1.98 bits per heavy atom. The van der Waals surface area contributed by atoms with Crippen LogP contribution >= 0.6 is 0 Å². The number of rotatable bonds is 5. The lowest BCUT2D eigenvalue weighted by molar-refractivity contribution is -0.137. The van der Waals surface area contributed by atoms with E-state index in [4.69, 9.17) is 10.7 Å². The van der Waals surface area contributed by atoms with Crippen molar-refractivity contribution in [2.75, 3.05) is 25.9 Å². The van der Waals surface area contributed by atoms with E-state index < -0.39 is 23.1 Å². The number of pyridine rings is 1. The van der Waals surface area contributed by atoms with Crippen molar-refractivity contribution in [3.8, 4) is 34.4 Å². The van der Waals surface area contributed by atoms with Crippen LogP contribution < -0.4 is 5.73 Å². The van der Waals surface area contributed by atoms with Crippen LogP contribution in [0.2, 0.25) is 0 Å². The molecule has 1 aromatic carbocycles. The Morgan fingerprint density at radius 3 is 2.67 bits per heavy atom. The van der Waals surface area contributed by atoms with Gasteiger partial charge in [0.05, 0.1) is 12.7 Å². The first-order valence-corrected chi connectivity index (χ1v) is 13.4. The van der Waals surface area contributed by atoms with Crippen LogP contribution in [0.3, 0.4) is 0 Å². The molecule has 216 valence electrons. The molecule has 3 aromatic heterocycles. The molecule has 1 saturated heterocycles. The van der Waals surface area contributed by atoms with E-state index in [2.05, 4.69) is 26.9 Å². The number of fused-ring (bicyclic) bond motifs is 1. The Bertz CT molecular complexity index is 1750. The van der Waals surface area contributed by atoms with Gasteiger partial charge < -0.3 is 25.7 Å². The molecule has 2 amide bonds. The number of amides is 2. The standard InChI is InChI=1S/C30H32N8O4/c1-29(2,3)38(28(40)41)13-12-37-18-21(15-34-37)22-16-32-25(31)24-23(22)17-33-26(35-24)20-7-5-6-19(14-20)8-9-30(42)10-11-36(4)27(30)39/h5-7,14-18,42H,10-13H2,1-4H3,(H2,31,32)(H,40,41). The SMILES string of the molecule is CN1CCC(O)(C#Cc2cccc(-c3ncc4c(-c5cnn(CCN(C(=O)O)C(C)(C)C)c5)cnc(N)c4n3)c2)C1=O. The van der Waals surface area contributed by atoms with Crippen molar-refractivity contribution in [3.05, 3.63) is 54.6 Å². The fraction of sp³-hybridized carbons (Fsp3) is 0.333. The third-order valence-electron chi connectivity index (χ3n) is 7.24. The predicted octanol–water partition coefficient (Wildman–Crippen LogP) is 2.86. The molecule has 0 aliphatic carbocycles. The van der Waals surface area contributed by atoms with E-state index in [-0.39, 0.29) is 18.8 Å². The zero-order valence-electron chi connectivity index (χ0n) is 23.9. The van der Waals surface area contributed by atoms with Crippen molar-refractivity contribution >= 4 is 28.7 Å². The number of nitrogen functional groups attached to an aromatic ring is 1. The molecule has 0 radical (unpaired) electrons. The Kier molecular flexibility index (Phi) is 7.30. The average molecular weight is 569 g/mol. The number of carboxylic acid groups (broad SMARTS) is 1. The first-order valence-electron chi connectivity index (χ1n) is 13.4. The van der Waals surface area contributed by atoms with E-state index in [1.165, 1.54) is 9.80 Å². The summed E-state index contributed by atoms with van der Waals surface area (Å²) in [7, 11) is 1.64. The number of aliphatic hydroxyl groups is 1. The molecule has 0 saturated carbocycles. The van der Waals surface area contributed by atoms with Crippen molar-refractivity contribution < 1.29 is 19.8 Å². The second kappa shape index (κ2) is 10.8. The van der Waals surface area contributed by atoms with E-state index in [1.54, 1.807) is 48.5 Å². The number of aromatic nitrogens is 5. The smallest absolute Gasteiger partial charge is 0.407 e. The van der Waals surface area contributed by atoms with Gasteiger partial charge >= 0.3 is 6.09 Å². The minimum absolute atomic E-state index is 0.245. The highest BCUT2D eigenvalue weighted by atomic mass is 16.4. The highest BCUT2D eigenvalue weighted by molar-refractivity contribution is 5.98. The molecule has 4 N–H and O–H groups in total. The molecular weight excluding hydrogens is 536 g/mol. The Hall–Kier alpha value is -5.02. The van der Waals surface area contributed by atoms with Crippen LogP contribution in [0.25, 0.3) is 33.4 Å². The summed E-state index contributed by atoms with van der Waals surface area (Å²) in [6.07, 6.45) is 6.11. The maximum Gasteiger partial charge on any atom is 0.407 e. The Morgan fingerprint density at radius 1 is 1.19 bits per heavy atom. The molecule has 4 aromatic rings. The van der Waals surface area contributed by atoms with Crippen LogP contribution in [0, 0.1) is 11.8 Å². The normalized spacial score (nSPS) is 16.9. The summed E-state index contributed by atoms with van der Waals surface area (Å²) in [5.41, 5.74) is 7.27. The zero-order valence-corrected chi connectivity index (χ0v) is 23.9. The first-order chi connectivity index (χ1) is 19.9. The molecule has 1 unspecified atom stereocenters. The first kappa shape index (κ1) is 28.5. The monoisotopic (exact) mass is 568 g/mol. The third-order valence-corrected chi connectivity index (χ3v) is 7.24. The van der Waals surface area contributed by atoms with Crippen molar-refractivity contribution in [3.63, 3.8) is 0 Å². The number of hydrogen-bond acceptors (Lipinski definition) is 8. The van der Waals surface area contributed by atoms with E-state index in [0.29, 0.717) is 40.9 Å². The van der Waals surface area contributed by atoms with E-state index in [9.17, 15) is 19.8 Å². The van der Waals surface area contributed by atoms with Crippen molar-refractivity contribution in [1.29, 1.82) is 0 Å². The number of benzene rings is 1. The van der Waals surface area contributed by atoms with Gasteiger partial charge in [-0.3, -0.25) is 9.48 Å². The van der Waals surface area contributed by atoms with E-state index in [1.807, 2.05) is 33.0 Å². The minimum Gasteiger partial charge on any atom is -0.465 e. The lowest BCUT2D eigenvalue weighted by Crippen LogP contribution is -2.46. The van der Waals surface area contributed by atoms with Gasteiger partial charge in [0.25, 0.3) is 5.91 Å². The molecule has 1 aliphatic rings. The summed E-state index contributed by atoms with van der Waals surface area (Å²) in [5, 5.41) is 25.3. The third kappa shape index (κ3) is 5.59. The molecule has 12 heteroatoms. The summed E-state index contributed by atoms with van der Waals surface area (Å²) >= 11 is 0. The van der Waals surface area contributed by atoms with Gasteiger partial charge in [-0.1, -0.05) is 24.0 Å². The Labute approximate surface area is 242 Å². The highest BCUT2D eigenvalue weighted by Gasteiger charge is 2.42. The lowest BCUT2D eigenvalue weighted by atomic mass is 10.0. The van der Waals surface area contributed by atoms with Gasteiger partial charge in [-0.15, -0.1) is 0 Å². The minimum atomic E-state index is -1.68. The van der Waals surface area contributed by atoms with Crippen LogP contribution in [0.1, 0.15) is 32.8 Å². The zero-order chi connectivity index (χ0) is 30.2. The van der Waals surface area contributed by atoms with Crippen LogP contribution in [0.5, 0.6) is 0 Å². The van der Waals surface area contributed by atoms with Gasteiger partial charge in [0.15, 0.2) is 5.82 Å². The lowest BCUT2D eigenvalue weighted by Gasteiger charge is -2.33. The number of carbonyl (C=O) groups excluding carboxylic acids is 1. The second-order valence-corrected chi connectivity index (χ2v) is 11.3. The van der Waals surface area contributed by atoms with E-state index in [0.717, 1.165) is 11.1 Å². The number of hydrogen-bond donors (Lipinski definition) is 3. The van der Waals surface area contributed by atoms with Gasteiger partial charge in [-0.05, 0) is 32.9 Å². The van der Waals surface area contributed by atoms with Crippen LogP contribution in [0.15, 0.2) is 49.1 Å². The molecule has 4 heterocycles. The van der Waals surface area contributed by atoms with Gasteiger partial charge in [0, 0.05) is 78.3 Å².